The van der Waals surface area contributed by atoms with Crippen molar-refractivity contribution >= 4 is 20.0 Å². The lowest BCUT2D eigenvalue weighted by atomic mass is 10.3. The van der Waals surface area contributed by atoms with Crippen molar-refractivity contribution in [2.75, 3.05) is 0 Å². The molecule has 0 saturated heterocycles. The summed E-state index contributed by atoms with van der Waals surface area (Å²) in [5, 5.41) is 8.87. The summed E-state index contributed by atoms with van der Waals surface area (Å²) in [6.45, 7) is 1.70. The molecule has 138 valence electrons. The van der Waals surface area contributed by atoms with Gasteiger partial charge in [-0.3, -0.25) is 4.98 Å². The zero-order chi connectivity index (χ0) is 19.2. The zero-order valence-corrected chi connectivity index (χ0v) is 15.6. The molecule has 2 N–H and O–H groups in total. The summed E-state index contributed by atoms with van der Waals surface area (Å²) in [7, 11) is -7.71. The van der Waals surface area contributed by atoms with Crippen LogP contribution in [0.3, 0.4) is 0 Å². The number of hydrogen-bond acceptors (Lipinski definition) is 6. The lowest BCUT2D eigenvalue weighted by Crippen LogP contribution is -2.33. The van der Waals surface area contributed by atoms with Gasteiger partial charge in [-0.2, -0.15) is 9.98 Å². The largest absolute Gasteiger partial charge is 0.260 e. The van der Waals surface area contributed by atoms with Gasteiger partial charge in [0, 0.05) is 6.20 Å². The molecular formula is C16H18N4O4S2. The van der Waals surface area contributed by atoms with Crippen LogP contribution in [-0.2, 0) is 26.6 Å². The zero-order valence-electron chi connectivity index (χ0n) is 14.0. The molecule has 2 rings (SSSR count). The summed E-state index contributed by atoms with van der Waals surface area (Å²) in [5.41, 5.74) is 0.557. The molecule has 0 saturated carbocycles. The van der Waals surface area contributed by atoms with Crippen molar-refractivity contribution in [1.82, 2.24) is 14.4 Å². The fourth-order valence-electron chi connectivity index (χ4n) is 2.01. The highest BCUT2D eigenvalue weighted by Crippen LogP contribution is 2.15. The number of nitrogens with one attached hydrogen (secondary N) is 2. The number of hydrogen-bond donors (Lipinski definition) is 2. The van der Waals surface area contributed by atoms with E-state index in [1.54, 1.807) is 31.3 Å². The van der Waals surface area contributed by atoms with Crippen molar-refractivity contribution in [2.45, 2.75) is 35.7 Å². The average molecular weight is 394 g/mol. The molecule has 0 fully saturated rings. The van der Waals surface area contributed by atoms with Crippen LogP contribution in [0.2, 0.25) is 0 Å². The highest BCUT2D eigenvalue weighted by atomic mass is 32.2. The minimum Gasteiger partial charge on any atom is -0.260 e. The van der Waals surface area contributed by atoms with E-state index in [4.69, 9.17) is 5.26 Å². The summed E-state index contributed by atoms with van der Waals surface area (Å²) >= 11 is 0. The Morgan fingerprint density at radius 1 is 1.04 bits per heavy atom. The molecule has 0 spiro atoms. The highest BCUT2D eigenvalue weighted by molar-refractivity contribution is 7.90. The number of nitrogens with zero attached hydrogens (tertiary/aromatic N) is 2. The van der Waals surface area contributed by atoms with Gasteiger partial charge in [-0.1, -0.05) is 13.0 Å². The summed E-state index contributed by atoms with van der Waals surface area (Å²) in [6, 6.07) is 10.9. The maximum absolute atomic E-state index is 12.3. The van der Waals surface area contributed by atoms with E-state index in [1.165, 1.54) is 24.3 Å². The molecule has 10 heteroatoms. The number of nitriles is 1. The van der Waals surface area contributed by atoms with Gasteiger partial charge < -0.3 is 0 Å². The number of benzene rings is 1. The third-order valence-electron chi connectivity index (χ3n) is 3.48. The van der Waals surface area contributed by atoms with Crippen molar-refractivity contribution < 1.29 is 16.8 Å². The van der Waals surface area contributed by atoms with Crippen LogP contribution < -0.4 is 9.44 Å². The normalized spacial score (nSPS) is 13.1. The van der Waals surface area contributed by atoms with Crippen LogP contribution in [0.25, 0.3) is 0 Å². The summed E-state index contributed by atoms with van der Waals surface area (Å²) in [6.07, 6.45) is 1.88. The predicted octanol–water partition coefficient (Wildman–Crippen LogP) is 1.14. The number of aromatic nitrogens is 1. The molecule has 1 aromatic carbocycles. The Kier molecular flexibility index (Phi) is 6.44. The molecule has 0 amide bonds. The Bertz CT molecular complexity index is 983. The predicted molar refractivity (Wildman–Crippen MR) is 94.7 cm³/mol. The molecule has 26 heavy (non-hydrogen) atoms. The van der Waals surface area contributed by atoms with Crippen LogP contribution in [0, 0.1) is 11.3 Å². The van der Waals surface area contributed by atoms with Gasteiger partial charge in [-0.15, -0.1) is 0 Å². The van der Waals surface area contributed by atoms with Gasteiger partial charge in [0.05, 0.1) is 28.1 Å². The lowest BCUT2D eigenvalue weighted by Gasteiger charge is -2.11. The van der Waals surface area contributed by atoms with E-state index in [1.807, 2.05) is 6.07 Å². The molecule has 0 aliphatic heterocycles. The number of pyridine rings is 1. The van der Waals surface area contributed by atoms with E-state index in [0.717, 1.165) is 0 Å². The van der Waals surface area contributed by atoms with Crippen molar-refractivity contribution in [3.63, 3.8) is 0 Å². The fourth-order valence-corrected chi connectivity index (χ4v) is 4.23. The van der Waals surface area contributed by atoms with Gasteiger partial charge in [0.1, 0.15) is 6.04 Å². The Morgan fingerprint density at radius 3 is 2.15 bits per heavy atom. The summed E-state index contributed by atoms with van der Waals surface area (Å²) in [4.78, 5) is 3.84. The van der Waals surface area contributed by atoms with E-state index in [-0.39, 0.29) is 16.3 Å². The van der Waals surface area contributed by atoms with Crippen molar-refractivity contribution in [1.29, 1.82) is 5.26 Å². The monoisotopic (exact) mass is 394 g/mol. The maximum Gasteiger partial charge on any atom is 0.241 e. The molecule has 0 bridgehead atoms. The molecule has 8 nitrogen and oxygen atoms in total. The third-order valence-corrected chi connectivity index (χ3v) is 6.38. The van der Waals surface area contributed by atoms with Crippen LogP contribution >= 0.6 is 0 Å². The quantitative estimate of drug-likeness (QED) is 0.691. The highest BCUT2D eigenvalue weighted by Gasteiger charge is 2.20. The number of rotatable bonds is 8. The van der Waals surface area contributed by atoms with Gasteiger partial charge in [0.25, 0.3) is 0 Å². The van der Waals surface area contributed by atoms with E-state index in [9.17, 15) is 16.8 Å². The third kappa shape index (κ3) is 5.09. The Labute approximate surface area is 153 Å². The fraction of sp³-hybridized carbons (Fsp3) is 0.250. The van der Waals surface area contributed by atoms with E-state index in [2.05, 4.69) is 14.4 Å². The van der Waals surface area contributed by atoms with Crippen LogP contribution in [0.15, 0.2) is 58.5 Å². The Hall–Kier alpha value is -2.32. The molecule has 1 aromatic heterocycles. The smallest absolute Gasteiger partial charge is 0.241 e. The van der Waals surface area contributed by atoms with Gasteiger partial charge in [0.15, 0.2) is 0 Å². The molecule has 0 aliphatic carbocycles. The van der Waals surface area contributed by atoms with Crippen LogP contribution in [0.5, 0.6) is 0 Å². The minimum absolute atomic E-state index is 0.0190. The molecule has 1 heterocycles. The summed E-state index contributed by atoms with van der Waals surface area (Å²) in [5.74, 6) is 0. The second-order valence-corrected chi connectivity index (χ2v) is 8.81. The molecular weight excluding hydrogens is 376 g/mol. The van der Waals surface area contributed by atoms with Gasteiger partial charge in [-0.05, 0) is 42.8 Å². The van der Waals surface area contributed by atoms with E-state index in [0.29, 0.717) is 12.1 Å². The SMILES string of the molecule is CC[C@@H](C#N)NS(=O)(=O)c1ccc(S(=O)(=O)NCc2ccccn2)cc1. The number of sulfonamides is 2. The van der Waals surface area contributed by atoms with Crippen molar-refractivity contribution in [3.8, 4) is 6.07 Å². The Morgan fingerprint density at radius 2 is 1.65 bits per heavy atom. The van der Waals surface area contributed by atoms with Crippen LogP contribution in [-0.4, -0.2) is 27.9 Å². The van der Waals surface area contributed by atoms with Crippen molar-refractivity contribution in [2.24, 2.45) is 0 Å². The minimum atomic E-state index is -3.90. The van der Waals surface area contributed by atoms with Crippen LogP contribution in [0.4, 0.5) is 0 Å². The van der Waals surface area contributed by atoms with E-state index < -0.39 is 26.1 Å². The average Bonchev–Trinajstić information content (AvgIpc) is 2.65. The van der Waals surface area contributed by atoms with Gasteiger partial charge in [0.2, 0.25) is 20.0 Å². The van der Waals surface area contributed by atoms with Crippen molar-refractivity contribution in [3.05, 3.63) is 54.4 Å². The topological polar surface area (TPSA) is 129 Å². The first-order valence-corrected chi connectivity index (χ1v) is 10.7. The molecule has 0 unspecified atom stereocenters. The standard InChI is InChI=1S/C16H18N4O4S2/c1-2-13(11-17)20-26(23,24)16-8-6-15(7-9-16)25(21,22)19-12-14-5-3-4-10-18-14/h3-10,13,19-20H,2,12H2,1H3/t13-/m0/s1. The molecule has 0 aliphatic rings. The second kappa shape index (κ2) is 8.37. The maximum atomic E-state index is 12.3. The summed E-state index contributed by atoms with van der Waals surface area (Å²) < 4.78 is 53.6. The van der Waals surface area contributed by atoms with Crippen LogP contribution in [0.1, 0.15) is 19.0 Å². The molecule has 1 atom stereocenters. The molecule has 2 aromatic rings. The second-order valence-electron chi connectivity index (χ2n) is 5.33. The first-order valence-electron chi connectivity index (χ1n) is 7.70. The molecule has 0 radical (unpaired) electrons. The first kappa shape index (κ1) is 20.0. The first-order chi connectivity index (χ1) is 12.3. The van der Waals surface area contributed by atoms with Gasteiger partial charge >= 0.3 is 0 Å². The van der Waals surface area contributed by atoms with E-state index >= 15 is 0 Å². The van der Waals surface area contributed by atoms with Gasteiger partial charge in [-0.25, -0.2) is 21.6 Å². The lowest BCUT2D eigenvalue weighted by molar-refractivity contribution is 0.568. The Balaban J connectivity index is 2.14.